The molecule has 2 heterocycles. The Hall–Kier alpha value is -2.67. The summed E-state index contributed by atoms with van der Waals surface area (Å²) in [5.74, 6) is 1.27. The second-order valence-electron chi connectivity index (χ2n) is 6.01. The van der Waals surface area contributed by atoms with Crippen LogP contribution in [0.5, 0.6) is 0 Å². The van der Waals surface area contributed by atoms with Crippen LogP contribution < -0.4 is 4.90 Å². The van der Waals surface area contributed by atoms with Crippen molar-refractivity contribution in [2.75, 3.05) is 32.6 Å². The molecule has 25 heavy (non-hydrogen) atoms. The fourth-order valence-corrected chi connectivity index (χ4v) is 2.69. The van der Waals surface area contributed by atoms with E-state index in [0.29, 0.717) is 22.3 Å². The zero-order valence-corrected chi connectivity index (χ0v) is 15.3. The Morgan fingerprint density at radius 3 is 2.68 bits per heavy atom. The van der Waals surface area contributed by atoms with Gasteiger partial charge in [0.2, 0.25) is 5.91 Å². The molecule has 3 aromatic rings. The van der Waals surface area contributed by atoms with Crippen molar-refractivity contribution >= 4 is 34.4 Å². The molecule has 2 aromatic heterocycles. The lowest BCUT2D eigenvalue weighted by Crippen LogP contribution is -2.34. The van der Waals surface area contributed by atoms with Crippen LogP contribution in [-0.2, 0) is 4.79 Å². The molecule has 8 heteroatoms. The summed E-state index contributed by atoms with van der Waals surface area (Å²) in [6, 6.07) is 7.41. The van der Waals surface area contributed by atoms with Crippen LogP contribution in [0, 0.1) is 6.92 Å². The molecule has 0 aliphatic rings. The van der Waals surface area contributed by atoms with Gasteiger partial charge in [-0.1, -0.05) is 17.7 Å². The van der Waals surface area contributed by atoms with E-state index in [2.05, 4.69) is 15.1 Å². The highest BCUT2D eigenvalue weighted by atomic mass is 35.5. The molecule has 0 saturated carbocycles. The van der Waals surface area contributed by atoms with Crippen LogP contribution >= 0.6 is 11.6 Å². The number of benzene rings is 1. The standard InChI is InChI=1S/C17H19ClN6O/c1-11-20-16(23(4)10-15(25)22(2)3)14-9-19-24(17(14)21-11)13-7-5-6-12(18)8-13/h5-9H,10H2,1-4H3. The minimum atomic E-state index is -0.00542. The van der Waals surface area contributed by atoms with Crippen LogP contribution in [0.2, 0.25) is 5.02 Å². The van der Waals surface area contributed by atoms with E-state index in [4.69, 9.17) is 11.6 Å². The maximum absolute atomic E-state index is 12.0. The molecule has 0 bridgehead atoms. The molecule has 0 aliphatic carbocycles. The van der Waals surface area contributed by atoms with Gasteiger partial charge in [0.05, 0.1) is 23.8 Å². The van der Waals surface area contributed by atoms with Gasteiger partial charge in [-0.2, -0.15) is 5.10 Å². The minimum Gasteiger partial charge on any atom is -0.350 e. The third-order valence-electron chi connectivity index (χ3n) is 3.81. The van der Waals surface area contributed by atoms with Crippen molar-refractivity contribution in [2.24, 2.45) is 0 Å². The monoisotopic (exact) mass is 358 g/mol. The second kappa shape index (κ2) is 6.68. The molecule has 0 radical (unpaired) electrons. The predicted octanol–water partition coefficient (Wildman–Crippen LogP) is 2.30. The summed E-state index contributed by atoms with van der Waals surface area (Å²) < 4.78 is 1.72. The van der Waals surface area contributed by atoms with Gasteiger partial charge in [0, 0.05) is 26.2 Å². The number of likely N-dealkylation sites (N-methyl/N-ethyl adjacent to an activating group) is 2. The number of hydrogen-bond acceptors (Lipinski definition) is 5. The van der Waals surface area contributed by atoms with E-state index in [9.17, 15) is 4.79 Å². The zero-order chi connectivity index (χ0) is 18.1. The van der Waals surface area contributed by atoms with Gasteiger partial charge in [-0.05, 0) is 25.1 Å². The molecule has 0 spiro atoms. The first-order valence-corrected chi connectivity index (χ1v) is 8.14. The number of rotatable bonds is 4. The number of fused-ring (bicyclic) bond motifs is 1. The quantitative estimate of drug-likeness (QED) is 0.716. The van der Waals surface area contributed by atoms with Crippen molar-refractivity contribution < 1.29 is 4.79 Å². The fraction of sp³-hybridized carbons (Fsp3) is 0.294. The van der Waals surface area contributed by atoms with E-state index in [1.165, 1.54) is 0 Å². The maximum atomic E-state index is 12.0. The predicted molar refractivity (Wildman–Crippen MR) is 98.4 cm³/mol. The molecule has 0 N–H and O–H groups in total. The highest BCUT2D eigenvalue weighted by Crippen LogP contribution is 2.25. The molecule has 1 aromatic carbocycles. The van der Waals surface area contributed by atoms with E-state index in [1.807, 2.05) is 43.1 Å². The molecular formula is C17H19ClN6O. The summed E-state index contributed by atoms with van der Waals surface area (Å²) in [5, 5.41) is 5.84. The lowest BCUT2D eigenvalue weighted by atomic mass is 10.3. The number of halogens is 1. The number of amides is 1. The van der Waals surface area contributed by atoms with Crippen molar-refractivity contribution in [2.45, 2.75) is 6.92 Å². The third kappa shape index (κ3) is 3.41. The maximum Gasteiger partial charge on any atom is 0.241 e. The first kappa shape index (κ1) is 17.2. The van der Waals surface area contributed by atoms with Crippen molar-refractivity contribution in [3.8, 4) is 5.69 Å². The SMILES string of the molecule is Cc1nc(N(C)CC(=O)N(C)C)c2cnn(-c3cccc(Cl)c3)c2n1. The van der Waals surface area contributed by atoms with Gasteiger partial charge < -0.3 is 9.80 Å². The summed E-state index contributed by atoms with van der Waals surface area (Å²) in [6.07, 6.45) is 1.71. The number of hydrogen-bond donors (Lipinski definition) is 0. The Kier molecular flexibility index (Phi) is 4.59. The third-order valence-corrected chi connectivity index (χ3v) is 4.04. The van der Waals surface area contributed by atoms with E-state index < -0.39 is 0 Å². The summed E-state index contributed by atoms with van der Waals surface area (Å²) in [5.41, 5.74) is 1.49. The molecule has 130 valence electrons. The Morgan fingerprint density at radius 1 is 1.24 bits per heavy atom. The molecule has 0 fully saturated rings. The Labute approximate surface area is 150 Å². The van der Waals surface area contributed by atoms with Gasteiger partial charge in [0.1, 0.15) is 11.6 Å². The molecule has 3 rings (SSSR count). The van der Waals surface area contributed by atoms with Gasteiger partial charge in [-0.3, -0.25) is 4.79 Å². The van der Waals surface area contributed by atoms with E-state index in [0.717, 1.165) is 11.1 Å². The molecular weight excluding hydrogens is 340 g/mol. The van der Waals surface area contributed by atoms with Crippen LogP contribution in [0.15, 0.2) is 30.5 Å². The summed E-state index contributed by atoms with van der Waals surface area (Å²) in [4.78, 5) is 24.4. The van der Waals surface area contributed by atoms with E-state index in [-0.39, 0.29) is 12.5 Å². The van der Waals surface area contributed by atoms with Crippen LogP contribution in [-0.4, -0.2) is 58.2 Å². The molecule has 0 unspecified atom stereocenters. The largest absolute Gasteiger partial charge is 0.350 e. The fourth-order valence-electron chi connectivity index (χ4n) is 2.51. The van der Waals surface area contributed by atoms with Crippen molar-refractivity contribution in [3.05, 3.63) is 41.3 Å². The van der Waals surface area contributed by atoms with Crippen molar-refractivity contribution in [1.82, 2.24) is 24.6 Å². The van der Waals surface area contributed by atoms with Gasteiger partial charge in [0.25, 0.3) is 0 Å². The molecule has 0 atom stereocenters. The number of carbonyl (C=O) groups is 1. The molecule has 1 amide bonds. The molecule has 7 nitrogen and oxygen atoms in total. The van der Waals surface area contributed by atoms with E-state index in [1.54, 1.807) is 29.9 Å². The Morgan fingerprint density at radius 2 is 2.00 bits per heavy atom. The number of aromatic nitrogens is 4. The Balaban J connectivity index is 2.08. The highest BCUT2D eigenvalue weighted by Gasteiger charge is 2.18. The van der Waals surface area contributed by atoms with E-state index >= 15 is 0 Å². The topological polar surface area (TPSA) is 67.2 Å². The average molecular weight is 359 g/mol. The van der Waals surface area contributed by atoms with Crippen LogP contribution in [0.4, 0.5) is 5.82 Å². The van der Waals surface area contributed by atoms with Crippen molar-refractivity contribution in [1.29, 1.82) is 0 Å². The minimum absolute atomic E-state index is 0.00542. The number of nitrogens with zero attached hydrogens (tertiary/aromatic N) is 6. The van der Waals surface area contributed by atoms with Gasteiger partial charge in [0.15, 0.2) is 5.65 Å². The van der Waals surface area contributed by atoms with Crippen LogP contribution in [0.3, 0.4) is 0 Å². The number of aryl methyl sites for hydroxylation is 1. The zero-order valence-electron chi connectivity index (χ0n) is 14.6. The number of carbonyl (C=O) groups excluding carboxylic acids is 1. The first-order chi connectivity index (χ1) is 11.9. The summed E-state index contributed by atoms with van der Waals surface area (Å²) in [7, 11) is 5.29. The summed E-state index contributed by atoms with van der Waals surface area (Å²) >= 11 is 6.09. The van der Waals surface area contributed by atoms with Crippen molar-refractivity contribution in [3.63, 3.8) is 0 Å². The van der Waals surface area contributed by atoms with Gasteiger partial charge in [-0.15, -0.1) is 0 Å². The highest BCUT2D eigenvalue weighted by molar-refractivity contribution is 6.30. The first-order valence-electron chi connectivity index (χ1n) is 7.76. The lowest BCUT2D eigenvalue weighted by molar-refractivity contribution is -0.127. The molecule has 0 aliphatic heterocycles. The lowest BCUT2D eigenvalue weighted by Gasteiger charge is -2.20. The Bertz CT molecular complexity index is 936. The summed E-state index contributed by atoms with van der Waals surface area (Å²) in [6.45, 7) is 2.04. The normalized spacial score (nSPS) is 10.9. The van der Waals surface area contributed by atoms with Crippen LogP contribution in [0.1, 0.15) is 5.82 Å². The second-order valence-corrected chi connectivity index (χ2v) is 6.45. The van der Waals surface area contributed by atoms with Gasteiger partial charge in [-0.25, -0.2) is 14.6 Å². The number of anilines is 1. The smallest absolute Gasteiger partial charge is 0.241 e. The van der Waals surface area contributed by atoms with Crippen LogP contribution in [0.25, 0.3) is 16.7 Å². The molecule has 0 saturated heterocycles. The average Bonchev–Trinajstić information content (AvgIpc) is 2.97. The van der Waals surface area contributed by atoms with Gasteiger partial charge >= 0.3 is 0 Å².